The van der Waals surface area contributed by atoms with E-state index in [-0.39, 0.29) is 24.1 Å². The summed E-state index contributed by atoms with van der Waals surface area (Å²) in [7, 11) is 3.19. The van der Waals surface area contributed by atoms with Crippen molar-refractivity contribution in [3.63, 3.8) is 0 Å². The van der Waals surface area contributed by atoms with Crippen molar-refractivity contribution in [3.8, 4) is 28.8 Å². The van der Waals surface area contributed by atoms with Crippen LogP contribution in [-0.4, -0.2) is 59.7 Å². The van der Waals surface area contributed by atoms with Gasteiger partial charge in [0.2, 0.25) is 5.60 Å². The molecule has 0 unspecified atom stereocenters. The Morgan fingerprint density at radius 2 is 2.31 bits per heavy atom. The number of aliphatic hydroxyl groups is 1. The summed E-state index contributed by atoms with van der Waals surface area (Å²) in [6.07, 6.45) is -0.123. The van der Waals surface area contributed by atoms with Crippen LogP contribution in [0.25, 0.3) is 11.3 Å². The SMILES string of the molecule is CO[C@H]1COc2ccc(C#C[C@]3(O)CCN(C)C3=O)cc2-c2nc(C(N)=O)sc21. The zero-order valence-corrected chi connectivity index (χ0v) is 16.7. The first-order chi connectivity index (χ1) is 13.8. The lowest BCUT2D eigenvalue weighted by Gasteiger charge is -2.13. The zero-order valence-electron chi connectivity index (χ0n) is 15.9. The molecule has 2 aliphatic heterocycles. The van der Waals surface area contributed by atoms with Crippen LogP contribution in [0.5, 0.6) is 5.75 Å². The van der Waals surface area contributed by atoms with Crippen molar-refractivity contribution in [2.75, 3.05) is 27.3 Å². The Bertz CT molecular complexity index is 1070. The van der Waals surface area contributed by atoms with Crippen molar-refractivity contribution >= 4 is 23.2 Å². The van der Waals surface area contributed by atoms with E-state index < -0.39 is 17.4 Å². The van der Waals surface area contributed by atoms with Crippen molar-refractivity contribution in [2.45, 2.75) is 18.1 Å². The highest BCUT2D eigenvalue weighted by Crippen LogP contribution is 2.42. The Morgan fingerprint density at radius 1 is 1.52 bits per heavy atom. The van der Waals surface area contributed by atoms with E-state index >= 15 is 0 Å². The maximum Gasteiger partial charge on any atom is 0.277 e. The van der Waals surface area contributed by atoms with Crippen LogP contribution in [-0.2, 0) is 9.53 Å². The minimum absolute atomic E-state index is 0.190. The number of amides is 2. The molecule has 0 radical (unpaired) electrons. The van der Waals surface area contributed by atoms with Gasteiger partial charge in [0.1, 0.15) is 18.5 Å². The van der Waals surface area contributed by atoms with E-state index in [1.165, 1.54) is 16.2 Å². The van der Waals surface area contributed by atoms with Gasteiger partial charge in [-0.3, -0.25) is 9.59 Å². The average Bonchev–Trinajstić information content (AvgIpc) is 3.21. The van der Waals surface area contributed by atoms with E-state index in [2.05, 4.69) is 16.8 Å². The summed E-state index contributed by atoms with van der Waals surface area (Å²) >= 11 is 1.18. The summed E-state index contributed by atoms with van der Waals surface area (Å²) in [4.78, 5) is 30.3. The van der Waals surface area contributed by atoms with Gasteiger partial charge in [-0.1, -0.05) is 11.8 Å². The number of ether oxygens (including phenoxy) is 2. The molecular formula is C20H19N3O5S. The van der Waals surface area contributed by atoms with Crippen LogP contribution < -0.4 is 10.5 Å². The van der Waals surface area contributed by atoms with Crippen LogP contribution in [0.2, 0.25) is 0 Å². The predicted molar refractivity (Wildman–Crippen MR) is 105 cm³/mol. The third kappa shape index (κ3) is 3.35. The first-order valence-corrected chi connectivity index (χ1v) is 9.75. The molecule has 2 amide bonds. The molecule has 1 aromatic carbocycles. The number of fused-ring (bicyclic) bond motifs is 3. The minimum Gasteiger partial charge on any atom is -0.490 e. The van der Waals surface area contributed by atoms with E-state index in [1.807, 2.05) is 0 Å². The maximum atomic E-state index is 12.1. The Morgan fingerprint density at radius 3 is 2.97 bits per heavy atom. The first-order valence-electron chi connectivity index (χ1n) is 8.94. The van der Waals surface area contributed by atoms with Crippen molar-refractivity contribution in [2.24, 2.45) is 5.73 Å². The van der Waals surface area contributed by atoms with Crippen molar-refractivity contribution in [1.82, 2.24) is 9.88 Å². The number of thiazole rings is 1. The number of nitrogens with two attached hydrogens (primary N) is 1. The van der Waals surface area contributed by atoms with Gasteiger partial charge in [-0.05, 0) is 18.2 Å². The fourth-order valence-electron chi connectivity index (χ4n) is 3.33. The largest absolute Gasteiger partial charge is 0.490 e. The fraction of sp³-hybridized carbons (Fsp3) is 0.350. The highest BCUT2D eigenvalue weighted by atomic mass is 32.1. The lowest BCUT2D eigenvalue weighted by Crippen LogP contribution is -2.37. The fourth-order valence-corrected chi connectivity index (χ4v) is 4.32. The number of likely N-dealkylation sites (tertiary alicyclic amines) is 1. The number of carbonyl (C=O) groups is 2. The number of aromatic nitrogens is 1. The van der Waals surface area contributed by atoms with Gasteiger partial charge in [0, 0.05) is 38.2 Å². The topological polar surface area (TPSA) is 115 Å². The van der Waals surface area contributed by atoms with Crippen molar-refractivity contribution in [1.29, 1.82) is 0 Å². The van der Waals surface area contributed by atoms with Crippen LogP contribution in [0.1, 0.15) is 32.8 Å². The molecule has 1 fully saturated rings. The van der Waals surface area contributed by atoms with Crippen molar-refractivity contribution in [3.05, 3.63) is 33.6 Å². The van der Waals surface area contributed by atoms with Gasteiger partial charge in [0.25, 0.3) is 11.8 Å². The molecule has 0 spiro atoms. The van der Waals surface area contributed by atoms with Gasteiger partial charge < -0.3 is 25.2 Å². The Balaban J connectivity index is 1.77. The van der Waals surface area contributed by atoms with Crippen LogP contribution in [0.3, 0.4) is 0 Å². The maximum absolute atomic E-state index is 12.1. The van der Waals surface area contributed by atoms with E-state index in [0.717, 1.165) is 4.88 Å². The summed E-state index contributed by atoms with van der Waals surface area (Å²) in [5.74, 6) is 5.15. The van der Waals surface area contributed by atoms with Crippen LogP contribution in [0, 0.1) is 11.8 Å². The number of hydrogen-bond donors (Lipinski definition) is 2. The highest BCUT2D eigenvalue weighted by molar-refractivity contribution is 7.14. The first kappa shape index (κ1) is 19.4. The van der Waals surface area contributed by atoms with Crippen molar-refractivity contribution < 1.29 is 24.2 Å². The second-order valence-corrected chi connectivity index (χ2v) is 7.96. The lowest BCUT2D eigenvalue weighted by molar-refractivity contribution is -0.137. The quantitative estimate of drug-likeness (QED) is 0.708. The molecule has 2 aliphatic rings. The molecule has 1 saturated heterocycles. The van der Waals surface area contributed by atoms with Gasteiger partial charge in [-0.2, -0.15) is 0 Å². The third-order valence-corrected chi connectivity index (χ3v) is 6.15. The molecule has 150 valence electrons. The monoisotopic (exact) mass is 413 g/mol. The molecule has 0 bridgehead atoms. The number of likely N-dealkylation sites (N-methyl/N-ethyl adjacent to an activating group) is 1. The third-order valence-electron chi connectivity index (χ3n) is 4.99. The van der Waals surface area contributed by atoms with Crippen LogP contribution in [0.4, 0.5) is 0 Å². The summed E-state index contributed by atoms with van der Waals surface area (Å²) in [5.41, 5.74) is 5.52. The van der Waals surface area contributed by atoms with Gasteiger partial charge in [0.05, 0.1) is 10.6 Å². The number of carbonyl (C=O) groups excluding carboxylic acids is 2. The molecule has 3 N–H and O–H groups in total. The molecule has 2 aromatic rings. The summed E-state index contributed by atoms with van der Waals surface area (Å²) in [6, 6.07) is 5.25. The van der Waals surface area contributed by atoms with Crippen LogP contribution >= 0.6 is 11.3 Å². The van der Waals surface area contributed by atoms with E-state index in [1.54, 1.807) is 32.4 Å². The zero-order chi connectivity index (χ0) is 20.8. The lowest BCUT2D eigenvalue weighted by atomic mass is 10.0. The number of hydrogen-bond acceptors (Lipinski definition) is 7. The van der Waals surface area contributed by atoms with E-state index in [4.69, 9.17) is 15.2 Å². The molecule has 29 heavy (non-hydrogen) atoms. The Hall–Kier alpha value is -2.93. The summed E-state index contributed by atoms with van der Waals surface area (Å²) in [6.45, 7) is 0.723. The standard InChI is InChI=1S/C20H19N3O5S/c1-23-8-7-20(26,19(23)25)6-5-11-3-4-13-12(9-11)15-16(14(27-2)10-28-13)29-18(22-15)17(21)24/h3-4,9,14,26H,7-8,10H2,1-2H3,(H2,21,24)/t14-,20-/m0/s1. The number of benzene rings is 1. The molecule has 3 heterocycles. The molecule has 2 atom stereocenters. The smallest absolute Gasteiger partial charge is 0.277 e. The Kier molecular flexibility index (Phi) is 4.78. The molecule has 9 heteroatoms. The second-order valence-electron chi connectivity index (χ2n) is 6.93. The van der Waals surface area contributed by atoms with E-state index in [9.17, 15) is 14.7 Å². The number of rotatable bonds is 2. The van der Waals surface area contributed by atoms with Gasteiger partial charge >= 0.3 is 0 Å². The Labute approximate surface area is 171 Å². The normalized spacial score (nSPS) is 22.8. The van der Waals surface area contributed by atoms with Gasteiger partial charge in [0.15, 0.2) is 5.01 Å². The van der Waals surface area contributed by atoms with Crippen LogP contribution in [0.15, 0.2) is 18.2 Å². The summed E-state index contributed by atoms with van der Waals surface area (Å²) in [5, 5.41) is 10.7. The molecule has 4 rings (SSSR count). The minimum atomic E-state index is -1.68. The number of nitrogens with zero attached hydrogens (tertiary/aromatic N) is 2. The van der Waals surface area contributed by atoms with Gasteiger partial charge in [-0.25, -0.2) is 4.98 Å². The number of methoxy groups -OCH3 is 1. The average molecular weight is 413 g/mol. The molecule has 0 aliphatic carbocycles. The molecular weight excluding hydrogens is 394 g/mol. The second kappa shape index (κ2) is 7.15. The molecule has 1 aromatic heterocycles. The summed E-state index contributed by atoms with van der Waals surface area (Å²) < 4.78 is 11.3. The number of primary amides is 1. The molecule has 8 nitrogen and oxygen atoms in total. The highest BCUT2D eigenvalue weighted by Gasteiger charge is 2.42. The van der Waals surface area contributed by atoms with Gasteiger partial charge in [-0.15, -0.1) is 11.3 Å². The predicted octanol–water partition coefficient (Wildman–Crippen LogP) is 0.934. The molecule has 0 saturated carbocycles. The van der Waals surface area contributed by atoms with E-state index in [0.29, 0.717) is 29.1 Å².